The van der Waals surface area contributed by atoms with Gasteiger partial charge in [-0.25, -0.2) is 0 Å². The molecule has 25 heavy (non-hydrogen) atoms. The molecule has 0 atom stereocenters. The Hall–Kier alpha value is 0.0603. The monoisotopic (exact) mass is 701 g/mol. The molecule has 0 spiro atoms. The van der Waals surface area contributed by atoms with E-state index in [1.807, 2.05) is 0 Å². The predicted octanol–water partition coefficient (Wildman–Crippen LogP) is -4.45. The molecule has 0 saturated heterocycles. The molecule has 0 aliphatic rings. The smallest absolute Gasteiger partial charge is 0.107 e. The van der Waals surface area contributed by atoms with E-state index >= 15 is 0 Å². The summed E-state index contributed by atoms with van der Waals surface area (Å²) in [5.41, 5.74) is 0. The average molecular weight is 698 g/mol. The van der Waals surface area contributed by atoms with E-state index in [0.29, 0.717) is 6.61 Å². The van der Waals surface area contributed by atoms with Gasteiger partial charge in [-0.2, -0.15) is 0 Å². The molecule has 0 heterocycles. The standard InChI is InChI=1S/C5H8O2.2C4H6O2.CH3.2Hf.3H2O/c1-7-5-3-2-4-6;2*5-3-1-2-4-6;;;;;;/h6H,4-5H2,1H3;2*5-6H,3-4H2;1H3;;;3*1H2/q;;;-1;;;;;. The van der Waals surface area contributed by atoms with Crippen LogP contribution in [0.15, 0.2) is 0 Å². The second-order valence-electron chi connectivity index (χ2n) is 2.28. The summed E-state index contributed by atoms with van der Waals surface area (Å²) in [5, 5.41) is 39.7. The molecule has 0 aliphatic heterocycles. The molecule has 11 N–H and O–H groups in total. The van der Waals surface area contributed by atoms with Crippen LogP contribution in [-0.4, -0.2) is 88.7 Å². The molecule has 0 aromatic heterocycles. The van der Waals surface area contributed by atoms with Crippen molar-refractivity contribution in [3.05, 3.63) is 7.43 Å². The maximum Gasteiger partial charge on any atom is 0.107 e. The van der Waals surface area contributed by atoms with Gasteiger partial charge in [0.2, 0.25) is 0 Å². The van der Waals surface area contributed by atoms with Crippen LogP contribution in [0.2, 0.25) is 0 Å². The molecule has 0 aromatic carbocycles. The Labute approximate surface area is 187 Å². The summed E-state index contributed by atoms with van der Waals surface area (Å²) in [4.78, 5) is 0. The van der Waals surface area contributed by atoms with Gasteiger partial charge in [-0.3, -0.25) is 0 Å². The minimum absolute atomic E-state index is 0. The van der Waals surface area contributed by atoms with E-state index in [9.17, 15) is 0 Å². The molecule has 0 fully saturated rings. The van der Waals surface area contributed by atoms with E-state index in [2.05, 4.69) is 40.3 Å². The second kappa shape index (κ2) is 75.0. The van der Waals surface area contributed by atoms with Gasteiger partial charge in [0.15, 0.2) is 0 Å². The van der Waals surface area contributed by atoms with Crippen molar-refractivity contribution in [1.82, 2.24) is 0 Å². The number of hydrogen-bond acceptors (Lipinski definition) is 6. The predicted molar refractivity (Wildman–Crippen MR) is 87.9 cm³/mol. The quantitative estimate of drug-likeness (QED) is 0.104. The van der Waals surface area contributed by atoms with E-state index in [1.165, 1.54) is 0 Å². The van der Waals surface area contributed by atoms with Crippen molar-refractivity contribution in [2.24, 2.45) is 0 Å². The first-order valence-corrected chi connectivity index (χ1v) is 5.15. The number of ether oxygens (including phenoxy) is 1. The summed E-state index contributed by atoms with van der Waals surface area (Å²) in [6.07, 6.45) is 0. The molecule has 0 unspecified atom stereocenters. The Kier molecular flexibility index (Phi) is 169. The number of methoxy groups -OCH3 is 1. The van der Waals surface area contributed by atoms with E-state index in [-0.39, 0.29) is 109 Å². The Morgan fingerprint density at radius 3 is 0.920 bits per heavy atom. The Bertz CT molecular complexity index is 297. The first kappa shape index (κ1) is 56.2. The topological polar surface area (TPSA) is 205 Å². The molecule has 148 valence electrons. The van der Waals surface area contributed by atoms with Crippen molar-refractivity contribution < 1.29 is 98.4 Å². The van der Waals surface area contributed by atoms with Gasteiger partial charge in [0, 0.05) is 58.8 Å². The molecular formula is C14H29Hf2O9-. The summed E-state index contributed by atoms with van der Waals surface area (Å²) < 4.78 is 4.56. The van der Waals surface area contributed by atoms with Gasteiger partial charge >= 0.3 is 0 Å². The van der Waals surface area contributed by atoms with Crippen LogP contribution in [0.1, 0.15) is 0 Å². The van der Waals surface area contributed by atoms with Crippen molar-refractivity contribution in [1.29, 1.82) is 0 Å². The molecule has 0 aromatic rings. The summed E-state index contributed by atoms with van der Waals surface area (Å²) in [5.74, 6) is 14.0. The summed E-state index contributed by atoms with van der Waals surface area (Å²) >= 11 is 0. The van der Waals surface area contributed by atoms with E-state index in [1.54, 1.807) is 7.11 Å². The van der Waals surface area contributed by atoms with Crippen molar-refractivity contribution in [2.75, 3.05) is 46.8 Å². The maximum absolute atomic E-state index is 8.06. The van der Waals surface area contributed by atoms with Crippen LogP contribution in [0.4, 0.5) is 0 Å². The van der Waals surface area contributed by atoms with Crippen LogP contribution in [-0.2, 0) is 56.4 Å². The fourth-order valence-electron chi connectivity index (χ4n) is 0.403. The third-order valence-electron chi connectivity index (χ3n) is 0.987. The van der Waals surface area contributed by atoms with Crippen LogP contribution in [0.3, 0.4) is 0 Å². The zero-order chi connectivity index (χ0) is 15.2. The van der Waals surface area contributed by atoms with Crippen molar-refractivity contribution >= 4 is 0 Å². The van der Waals surface area contributed by atoms with Gasteiger partial charge in [-0.15, -0.1) is 0 Å². The molecule has 0 aliphatic carbocycles. The van der Waals surface area contributed by atoms with Crippen LogP contribution in [0, 0.1) is 42.9 Å². The molecule has 0 radical (unpaired) electrons. The number of rotatable bonds is 1. The minimum Gasteiger partial charge on any atom is -0.412 e. The fraction of sp³-hybridized carbons (Fsp3) is 0.500. The van der Waals surface area contributed by atoms with Crippen molar-refractivity contribution in [3.63, 3.8) is 0 Å². The normalized spacial score (nSPS) is 5.04. The molecule has 0 amide bonds. The van der Waals surface area contributed by atoms with Gasteiger partial charge < -0.3 is 54.1 Å². The molecule has 9 nitrogen and oxygen atoms in total. The Morgan fingerprint density at radius 2 is 0.760 bits per heavy atom. The Balaban J connectivity index is -0.0000000196. The third-order valence-corrected chi connectivity index (χ3v) is 0.987. The zero-order valence-corrected chi connectivity index (χ0v) is 21.6. The first-order valence-electron chi connectivity index (χ1n) is 5.15. The fourth-order valence-corrected chi connectivity index (χ4v) is 0.403. The minimum atomic E-state index is -0.166. The number of aliphatic hydroxyl groups excluding tert-OH is 5. The van der Waals surface area contributed by atoms with Crippen molar-refractivity contribution in [3.8, 4) is 35.5 Å². The van der Waals surface area contributed by atoms with E-state index in [0.717, 1.165) is 0 Å². The molecular weight excluding hydrogens is 669 g/mol. The second-order valence-corrected chi connectivity index (χ2v) is 2.28. The molecule has 0 saturated carbocycles. The largest absolute Gasteiger partial charge is 0.412 e. The first-order chi connectivity index (χ1) is 9.24. The third kappa shape index (κ3) is 116. The molecule has 11 heteroatoms. The van der Waals surface area contributed by atoms with Crippen molar-refractivity contribution in [2.45, 2.75) is 0 Å². The van der Waals surface area contributed by atoms with Gasteiger partial charge in [0.1, 0.15) is 39.6 Å². The number of aliphatic hydroxyl groups is 5. The van der Waals surface area contributed by atoms with Crippen LogP contribution >= 0.6 is 0 Å². The van der Waals surface area contributed by atoms with Crippen LogP contribution < -0.4 is 0 Å². The molecule has 0 rings (SSSR count). The van der Waals surface area contributed by atoms with Gasteiger partial charge in [0.25, 0.3) is 0 Å². The SMILES string of the molecule is COCC#CCO.O.O.O.OCC#CCO.OCC#CCO.[CH3-].[Hf].[Hf]. The summed E-state index contributed by atoms with van der Waals surface area (Å²) in [7, 11) is 1.56. The van der Waals surface area contributed by atoms with Gasteiger partial charge in [-0.05, 0) is 0 Å². The Morgan fingerprint density at radius 1 is 0.560 bits per heavy atom. The number of hydrogen-bond donors (Lipinski definition) is 5. The summed E-state index contributed by atoms with van der Waals surface area (Å²) in [6, 6.07) is 0. The van der Waals surface area contributed by atoms with Gasteiger partial charge in [0.05, 0.1) is 0 Å². The molecule has 0 bridgehead atoms. The van der Waals surface area contributed by atoms with E-state index in [4.69, 9.17) is 25.5 Å². The average Bonchev–Trinajstić information content (AvgIpc) is 2.45. The summed E-state index contributed by atoms with van der Waals surface area (Å²) in [6.45, 7) is -0.341. The maximum atomic E-state index is 8.06. The van der Waals surface area contributed by atoms with Gasteiger partial charge in [-0.1, -0.05) is 35.5 Å². The van der Waals surface area contributed by atoms with Crippen LogP contribution in [0.25, 0.3) is 0 Å². The zero-order valence-electron chi connectivity index (χ0n) is 14.4. The van der Waals surface area contributed by atoms with E-state index < -0.39 is 0 Å². The van der Waals surface area contributed by atoms with Crippen LogP contribution in [0.5, 0.6) is 0 Å².